The standard InChI is InChI=1S/C16H19ClF2N4O2S2/c1-10(11-3-4-12(18)13(19)9-11)23-16(20-2)21-7-8-22-27(24,25)15-6-5-14(17)26-15/h3-6,9-10,22H,7-8H2,1-2H3,(H2,20,21,23). The Labute approximate surface area is 165 Å². The molecule has 0 amide bonds. The highest BCUT2D eigenvalue weighted by atomic mass is 35.5. The lowest BCUT2D eigenvalue weighted by molar-refractivity contribution is 0.504. The molecule has 1 unspecified atom stereocenters. The van der Waals surface area contributed by atoms with E-state index in [9.17, 15) is 17.2 Å². The Morgan fingerprint density at radius 3 is 2.56 bits per heavy atom. The monoisotopic (exact) mass is 436 g/mol. The predicted molar refractivity (Wildman–Crippen MR) is 104 cm³/mol. The van der Waals surface area contributed by atoms with Crippen LogP contribution in [0.5, 0.6) is 0 Å². The minimum absolute atomic E-state index is 0.123. The van der Waals surface area contributed by atoms with Crippen LogP contribution in [0, 0.1) is 11.6 Å². The van der Waals surface area contributed by atoms with Crippen molar-refractivity contribution < 1.29 is 17.2 Å². The molecule has 0 fully saturated rings. The first-order chi connectivity index (χ1) is 12.7. The van der Waals surface area contributed by atoms with E-state index in [1.54, 1.807) is 14.0 Å². The van der Waals surface area contributed by atoms with E-state index in [1.807, 2.05) is 0 Å². The van der Waals surface area contributed by atoms with Gasteiger partial charge in [-0.15, -0.1) is 11.3 Å². The highest BCUT2D eigenvalue weighted by Crippen LogP contribution is 2.25. The number of hydrogen-bond acceptors (Lipinski definition) is 4. The Kier molecular flexibility index (Phi) is 7.54. The summed E-state index contributed by atoms with van der Waals surface area (Å²) in [6, 6.07) is 6.27. The number of rotatable bonds is 7. The van der Waals surface area contributed by atoms with Crippen LogP contribution in [0.1, 0.15) is 18.5 Å². The van der Waals surface area contributed by atoms with Gasteiger partial charge in [-0.2, -0.15) is 0 Å². The van der Waals surface area contributed by atoms with E-state index in [4.69, 9.17) is 11.6 Å². The van der Waals surface area contributed by atoms with Gasteiger partial charge in [0.05, 0.1) is 10.4 Å². The molecule has 11 heteroatoms. The second kappa shape index (κ2) is 9.45. The lowest BCUT2D eigenvalue weighted by Crippen LogP contribution is -2.42. The highest BCUT2D eigenvalue weighted by molar-refractivity contribution is 7.91. The molecule has 3 N–H and O–H groups in total. The number of nitrogens with one attached hydrogen (secondary N) is 3. The van der Waals surface area contributed by atoms with Gasteiger partial charge in [0, 0.05) is 20.1 Å². The van der Waals surface area contributed by atoms with Crippen LogP contribution >= 0.6 is 22.9 Å². The fraction of sp³-hybridized carbons (Fsp3) is 0.312. The van der Waals surface area contributed by atoms with Crippen LogP contribution in [0.3, 0.4) is 0 Å². The molecule has 27 heavy (non-hydrogen) atoms. The second-order valence-electron chi connectivity index (χ2n) is 5.49. The van der Waals surface area contributed by atoms with Crippen LogP contribution in [0.15, 0.2) is 39.5 Å². The molecular formula is C16H19ClF2N4O2S2. The van der Waals surface area contributed by atoms with Gasteiger partial charge in [-0.25, -0.2) is 21.9 Å². The summed E-state index contributed by atoms with van der Waals surface area (Å²) in [7, 11) is -2.07. The molecule has 0 aliphatic rings. The van der Waals surface area contributed by atoms with Gasteiger partial charge >= 0.3 is 0 Å². The lowest BCUT2D eigenvalue weighted by Gasteiger charge is -2.18. The molecule has 0 saturated heterocycles. The van der Waals surface area contributed by atoms with E-state index in [-0.39, 0.29) is 23.3 Å². The average molecular weight is 437 g/mol. The first kappa shape index (κ1) is 21.5. The number of aliphatic imine (C=N–C) groups is 1. The fourth-order valence-electron chi connectivity index (χ4n) is 2.14. The number of thiophene rings is 1. The molecule has 1 aromatic heterocycles. The van der Waals surface area contributed by atoms with Crippen LogP contribution in [0.25, 0.3) is 0 Å². The number of benzene rings is 1. The summed E-state index contributed by atoms with van der Waals surface area (Å²) < 4.78 is 53.5. The van der Waals surface area contributed by atoms with Crippen LogP contribution in [-0.4, -0.2) is 34.5 Å². The number of guanidine groups is 1. The van der Waals surface area contributed by atoms with E-state index < -0.39 is 21.7 Å². The summed E-state index contributed by atoms with van der Waals surface area (Å²) >= 11 is 6.72. The van der Waals surface area contributed by atoms with Crippen molar-refractivity contribution in [2.24, 2.45) is 4.99 Å². The molecule has 2 rings (SSSR count). The van der Waals surface area contributed by atoms with Gasteiger partial charge in [0.15, 0.2) is 17.6 Å². The summed E-state index contributed by atoms with van der Waals surface area (Å²) in [5.41, 5.74) is 0.548. The van der Waals surface area contributed by atoms with E-state index in [0.29, 0.717) is 15.9 Å². The maximum atomic E-state index is 13.3. The average Bonchev–Trinajstić information content (AvgIpc) is 3.07. The first-order valence-corrected chi connectivity index (χ1v) is 10.6. The van der Waals surface area contributed by atoms with Crippen molar-refractivity contribution in [3.05, 3.63) is 51.9 Å². The van der Waals surface area contributed by atoms with Crippen molar-refractivity contribution in [3.63, 3.8) is 0 Å². The van der Waals surface area contributed by atoms with Crippen molar-refractivity contribution in [3.8, 4) is 0 Å². The minimum Gasteiger partial charge on any atom is -0.355 e. The molecular weight excluding hydrogens is 418 g/mol. The van der Waals surface area contributed by atoms with Crippen LogP contribution in [0.4, 0.5) is 8.78 Å². The van der Waals surface area contributed by atoms with Crippen molar-refractivity contribution in [1.82, 2.24) is 15.4 Å². The molecule has 0 aliphatic carbocycles. The largest absolute Gasteiger partial charge is 0.355 e. The van der Waals surface area contributed by atoms with Gasteiger partial charge in [-0.1, -0.05) is 17.7 Å². The Morgan fingerprint density at radius 2 is 1.96 bits per heavy atom. The predicted octanol–water partition coefficient (Wildman–Crippen LogP) is 2.88. The first-order valence-electron chi connectivity index (χ1n) is 7.90. The molecule has 6 nitrogen and oxygen atoms in total. The highest BCUT2D eigenvalue weighted by Gasteiger charge is 2.16. The third-order valence-corrected chi connectivity index (χ3v) is 6.73. The Balaban J connectivity index is 1.84. The number of halogens is 3. The van der Waals surface area contributed by atoms with Crippen LogP contribution in [0.2, 0.25) is 4.34 Å². The van der Waals surface area contributed by atoms with E-state index in [0.717, 1.165) is 23.5 Å². The zero-order valence-electron chi connectivity index (χ0n) is 14.6. The number of sulfonamides is 1. The number of hydrogen-bond donors (Lipinski definition) is 3. The zero-order valence-corrected chi connectivity index (χ0v) is 17.0. The Bertz CT molecular complexity index is 919. The molecule has 0 bridgehead atoms. The quantitative estimate of drug-likeness (QED) is 0.354. The van der Waals surface area contributed by atoms with Gasteiger partial charge in [-0.05, 0) is 36.8 Å². The maximum Gasteiger partial charge on any atom is 0.250 e. The lowest BCUT2D eigenvalue weighted by atomic mass is 10.1. The SMILES string of the molecule is CN=C(NCCNS(=O)(=O)c1ccc(Cl)s1)NC(C)c1ccc(F)c(F)c1. The topological polar surface area (TPSA) is 82.6 Å². The van der Waals surface area contributed by atoms with Crippen LogP contribution < -0.4 is 15.4 Å². The summed E-state index contributed by atoms with van der Waals surface area (Å²) in [4.78, 5) is 4.02. The van der Waals surface area contributed by atoms with Gasteiger partial charge in [0.25, 0.3) is 0 Å². The zero-order chi connectivity index (χ0) is 20.0. The maximum absolute atomic E-state index is 13.3. The molecule has 0 spiro atoms. The summed E-state index contributed by atoms with van der Waals surface area (Å²) in [5, 5.41) is 5.97. The second-order valence-corrected chi connectivity index (χ2v) is 9.20. The molecule has 1 aromatic carbocycles. The Morgan fingerprint density at radius 1 is 1.22 bits per heavy atom. The molecule has 0 aliphatic heterocycles. The molecule has 1 heterocycles. The summed E-state index contributed by atoms with van der Waals surface area (Å²) in [6.45, 7) is 2.16. The van der Waals surface area contributed by atoms with Gasteiger partial charge in [0.2, 0.25) is 10.0 Å². The molecule has 148 valence electrons. The van der Waals surface area contributed by atoms with E-state index in [2.05, 4.69) is 20.3 Å². The normalized spacial score (nSPS) is 13.4. The van der Waals surface area contributed by atoms with E-state index in [1.165, 1.54) is 18.2 Å². The van der Waals surface area contributed by atoms with Crippen LogP contribution in [-0.2, 0) is 10.0 Å². The van der Waals surface area contributed by atoms with Gasteiger partial charge in [-0.3, -0.25) is 4.99 Å². The van der Waals surface area contributed by atoms with Gasteiger partial charge < -0.3 is 10.6 Å². The number of nitrogens with zero attached hydrogens (tertiary/aromatic N) is 1. The molecule has 2 aromatic rings. The van der Waals surface area contributed by atoms with E-state index >= 15 is 0 Å². The third kappa shape index (κ3) is 6.13. The van der Waals surface area contributed by atoms with Crippen molar-refractivity contribution in [2.45, 2.75) is 17.2 Å². The molecule has 0 radical (unpaired) electrons. The molecule has 0 saturated carbocycles. The van der Waals surface area contributed by atoms with Crippen molar-refractivity contribution in [1.29, 1.82) is 0 Å². The summed E-state index contributed by atoms with van der Waals surface area (Å²) in [5.74, 6) is -1.44. The van der Waals surface area contributed by atoms with Crippen molar-refractivity contribution in [2.75, 3.05) is 20.1 Å². The fourth-order valence-corrected chi connectivity index (χ4v) is 4.70. The molecule has 1 atom stereocenters. The minimum atomic E-state index is -3.61. The smallest absolute Gasteiger partial charge is 0.250 e. The van der Waals surface area contributed by atoms with Gasteiger partial charge in [0.1, 0.15) is 4.21 Å². The summed E-state index contributed by atoms with van der Waals surface area (Å²) in [6.07, 6.45) is 0. The van der Waals surface area contributed by atoms with Crippen molar-refractivity contribution >= 4 is 38.9 Å². The Hall–Kier alpha value is -1.75. The third-order valence-electron chi connectivity index (χ3n) is 3.54.